The number of fused-ring (bicyclic) bond motifs is 1. The Hall–Kier alpha value is -0.780. The first-order chi connectivity index (χ1) is 6.93. The fraction of sp³-hybridized carbons (Fsp3) is 0.125. The Morgan fingerprint density at radius 1 is 1.33 bits per heavy atom. The summed E-state index contributed by atoms with van der Waals surface area (Å²) in [5.41, 5.74) is 0.360. The van der Waals surface area contributed by atoms with Crippen molar-refractivity contribution in [3.8, 4) is 0 Å². The zero-order valence-electron chi connectivity index (χ0n) is 7.61. The molecule has 1 heterocycles. The summed E-state index contributed by atoms with van der Waals surface area (Å²) in [6.07, 6.45) is 0. The zero-order chi connectivity index (χ0) is 11.2. The second-order valence-corrected chi connectivity index (χ2v) is 5.30. The second-order valence-electron chi connectivity index (χ2n) is 2.98. The average molecular weight is 265 g/mol. The number of hydrogen-bond acceptors (Lipinski definition) is 3. The normalized spacial score (nSPS) is 18.3. The van der Waals surface area contributed by atoms with E-state index in [9.17, 15) is 8.42 Å². The molecule has 0 aliphatic carbocycles. The Kier molecular flexibility index (Phi) is 2.41. The van der Waals surface area contributed by atoms with Crippen LogP contribution in [0.25, 0.3) is 0 Å². The van der Waals surface area contributed by atoms with Gasteiger partial charge in [0.1, 0.15) is 4.90 Å². The van der Waals surface area contributed by atoms with Gasteiger partial charge in [-0.3, -0.25) is 0 Å². The highest BCUT2D eigenvalue weighted by atomic mass is 35.5. The van der Waals surface area contributed by atoms with Crippen LogP contribution in [-0.2, 0) is 10.0 Å². The summed E-state index contributed by atoms with van der Waals surface area (Å²) in [6.45, 7) is 0. The third kappa shape index (κ3) is 1.60. The SMILES string of the molecule is CN1C(Cl)=NS(=O)(=O)c2cccc(Cl)c21. The van der Waals surface area contributed by atoms with Crippen LogP contribution < -0.4 is 4.90 Å². The van der Waals surface area contributed by atoms with Gasteiger partial charge in [-0.05, 0) is 23.7 Å². The lowest BCUT2D eigenvalue weighted by molar-refractivity contribution is 0.597. The molecule has 1 aromatic carbocycles. The molecule has 0 radical (unpaired) electrons. The summed E-state index contributed by atoms with van der Waals surface area (Å²) in [7, 11) is -2.11. The number of sulfonamides is 1. The summed E-state index contributed by atoms with van der Waals surface area (Å²) in [4.78, 5) is 1.50. The van der Waals surface area contributed by atoms with Gasteiger partial charge < -0.3 is 4.90 Å². The molecular formula is C8H6Cl2N2O2S. The molecule has 0 fully saturated rings. The van der Waals surface area contributed by atoms with E-state index in [2.05, 4.69) is 4.40 Å². The molecule has 0 bridgehead atoms. The van der Waals surface area contributed by atoms with Gasteiger partial charge in [-0.15, -0.1) is 4.40 Å². The predicted molar refractivity (Wildman–Crippen MR) is 60.3 cm³/mol. The van der Waals surface area contributed by atoms with Crippen LogP contribution in [0.3, 0.4) is 0 Å². The monoisotopic (exact) mass is 264 g/mol. The number of nitrogens with zero attached hydrogens (tertiary/aromatic N) is 2. The topological polar surface area (TPSA) is 49.7 Å². The van der Waals surface area contributed by atoms with Gasteiger partial charge in [-0.25, -0.2) is 0 Å². The molecule has 0 unspecified atom stereocenters. The quantitative estimate of drug-likeness (QED) is 0.675. The molecule has 0 saturated carbocycles. The summed E-state index contributed by atoms with van der Waals surface area (Å²) in [6, 6.07) is 4.60. The molecule has 15 heavy (non-hydrogen) atoms. The van der Waals surface area contributed by atoms with Crippen LogP contribution in [0.15, 0.2) is 27.5 Å². The van der Waals surface area contributed by atoms with Crippen LogP contribution in [0.2, 0.25) is 5.02 Å². The van der Waals surface area contributed by atoms with Crippen molar-refractivity contribution in [3.05, 3.63) is 23.2 Å². The van der Waals surface area contributed by atoms with Crippen molar-refractivity contribution in [2.75, 3.05) is 11.9 Å². The number of rotatable bonds is 0. The molecule has 80 valence electrons. The predicted octanol–water partition coefficient (Wildman–Crippen LogP) is 2.07. The van der Waals surface area contributed by atoms with Gasteiger partial charge in [-0.2, -0.15) is 8.42 Å². The lowest BCUT2D eigenvalue weighted by Crippen LogP contribution is -2.28. The van der Waals surface area contributed by atoms with Crippen LogP contribution in [-0.4, -0.2) is 20.8 Å². The fourth-order valence-corrected chi connectivity index (χ4v) is 3.21. The van der Waals surface area contributed by atoms with Gasteiger partial charge in [0, 0.05) is 7.05 Å². The van der Waals surface area contributed by atoms with Crippen LogP contribution in [0.4, 0.5) is 5.69 Å². The number of para-hydroxylation sites is 1. The van der Waals surface area contributed by atoms with Crippen molar-refractivity contribution in [2.24, 2.45) is 4.40 Å². The molecule has 4 nitrogen and oxygen atoms in total. The van der Waals surface area contributed by atoms with Gasteiger partial charge in [0.25, 0.3) is 10.0 Å². The first-order valence-electron chi connectivity index (χ1n) is 3.96. The van der Waals surface area contributed by atoms with Gasteiger partial charge in [-0.1, -0.05) is 17.7 Å². The molecule has 0 spiro atoms. The maximum Gasteiger partial charge on any atom is 0.287 e. The molecule has 0 atom stereocenters. The third-order valence-electron chi connectivity index (χ3n) is 2.04. The second kappa shape index (κ2) is 3.37. The molecule has 1 aliphatic heterocycles. The Labute approximate surface area is 97.2 Å². The number of halogens is 2. The van der Waals surface area contributed by atoms with Crippen molar-refractivity contribution in [1.29, 1.82) is 0 Å². The molecule has 0 N–H and O–H groups in total. The molecule has 7 heteroatoms. The molecule has 0 amide bonds. The lowest BCUT2D eigenvalue weighted by atomic mass is 10.3. The first kappa shape index (κ1) is 10.7. The highest BCUT2D eigenvalue weighted by molar-refractivity contribution is 7.90. The third-order valence-corrected chi connectivity index (χ3v) is 4.08. The van der Waals surface area contributed by atoms with E-state index in [-0.39, 0.29) is 10.2 Å². The Morgan fingerprint density at radius 3 is 2.67 bits per heavy atom. The van der Waals surface area contributed by atoms with Crippen molar-refractivity contribution >= 4 is 44.2 Å². The molecule has 2 rings (SSSR count). The molecule has 0 aromatic heterocycles. The zero-order valence-corrected chi connectivity index (χ0v) is 9.94. The van der Waals surface area contributed by atoms with Gasteiger partial charge in [0.15, 0.2) is 0 Å². The van der Waals surface area contributed by atoms with E-state index in [0.29, 0.717) is 10.7 Å². The van der Waals surface area contributed by atoms with Gasteiger partial charge in [0.2, 0.25) is 5.29 Å². The van der Waals surface area contributed by atoms with Gasteiger partial charge >= 0.3 is 0 Å². The highest BCUT2D eigenvalue weighted by Gasteiger charge is 2.29. The van der Waals surface area contributed by atoms with E-state index < -0.39 is 10.0 Å². The van der Waals surface area contributed by atoms with Crippen molar-refractivity contribution < 1.29 is 8.42 Å². The van der Waals surface area contributed by atoms with Crippen molar-refractivity contribution in [2.45, 2.75) is 4.90 Å². The van der Waals surface area contributed by atoms with E-state index >= 15 is 0 Å². The molecule has 1 aliphatic rings. The number of amidine groups is 1. The molecule has 1 aromatic rings. The minimum Gasteiger partial charge on any atom is -0.317 e. The van der Waals surface area contributed by atoms with Crippen LogP contribution >= 0.6 is 23.2 Å². The van der Waals surface area contributed by atoms with Crippen molar-refractivity contribution in [1.82, 2.24) is 0 Å². The number of anilines is 1. The smallest absolute Gasteiger partial charge is 0.287 e. The van der Waals surface area contributed by atoms with Crippen LogP contribution in [0.5, 0.6) is 0 Å². The first-order valence-corrected chi connectivity index (χ1v) is 6.16. The Bertz CT molecular complexity index is 554. The van der Waals surface area contributed by atoms with E-state index in [1.165, 1.54) is 11.0 Å². The summed E-state index contributed by atoms with van der Waals surface area (Å²) in [5, 5.41) is 0.210. The maximum atomic E-state index is 11.6. The van der Waals surface area contributed by atoms with E-state index in [1.807, 2.05) is 0 Å². The minimum absolute atomic E-state index is 0.0712. The Morgan fingerprint density at radius 2 is 2.00 bits per heavy atom. The van der Waals surface area contributed by atoms with Crippen LogP contribution in [0.1, 0.15) is 0 Å². The summed E-state index contributed by atoms with van der Waals surface area (Å²) in [5.74, 6) is 0. The average Bonchev–Trinajstić information content (AvgIpc) is 2.14. The van der Waals surface area contributed by atoms with Gasteiger partial charge in [0.05, 0.1) is 10.7 Å². The van der Waals surface area contributed by atoms with E-state index in [0.717, 1.165) is 0 Å². The number of hydrogen-bond donors (Lipinski definition) is 0. The largest absolute Gasteiger partial charge is 0.317 e. The molecule has 0 saturated heterocycles. The minimum atomic E-state index is -3.72. The van der Waals surface area contributed by atoms with E-state index in [4.69, 9.17) is 23.2 Å². The summed E-state index contributed by atoms with van der Waals surface area (Å²) < 4.78 is 26.6. The lowest BCUT2D eigenvalue weighted by Gasteiger charge is -2.24. The van der Waals surface area contributed by atoms with Crippen LogP contribution in [0, 0.1) is 0 Å². The number of benzene rings is 1. The Balaban J connectivity index is 2.84. The van der Waals surface area contributed by atoms with Crippen molar-refractivity contribution in [3.63, 3.8) is 0 Å². The standard InChI is InChI=1S/C8H6Cl2N2O2S/c1-12-7-5(9)3-2-4-6(7)15(13,14)11-8(12)10/h2-4H,1H3. The maximum absolute atomic E-state index is 11.6. The van der Waals surface area contributed by atoms with E-state index in [1.54, 1.807) is 19.2 Å². The molecular weight excluding hydrogens is 259 g/mol. The fourth-order valence-electron chi connectivity index (χ4n) is 1.33. The highest BCUT2D eigenvalue weighted by Crippen LogP contribution is 2.36. The summed E-state index contributed by atoms with van der Waals surface area (Å²) >= 11 is 11.6.